The van der Waals surface area contributed by atoms with Gasteiger partial charge in [-0.1, -0.05) is 54.2 Å². The van der Waals surface area contributed by atoms with Crippen LogP contribution in [0.3, 0.4) is 0 Å². The van der Waals surface area contributed by atoms with E-state index in [1.165, 1.54) is 6.20 Å². The molecule has 0 aromatic heterocycles. The Morgan fingerprint density at radius 3 is 2.60 bits per heavy atom. The topological polar surface area (TPSA) is 74.1 Å². The molecule has 6 heteroatoms. The van der Waals surface area contributed by atoms with Crippen molar-refractivity contribution in [3.63, 3.8) is 0 Å². The molecule has 3 aromatic carbocycles. The summed E-state index contributed by atoms with van der Waals surface area (Å²) >= 11 is 1.55. The van der Waals surface area contributed by atoms with Crippen LogP contribution in [0.25, 0.3) is 0 Å². The number of methoxy groups -OCH3 is 1. The Labute approximate surface area is 180 Å². The first-order chi connectivity index (χ1) is 14.7. The molecule has 0 bridgehead atoms. The molecule has 0 aliphatic rings. The Bertz CT molecular complexity index is 1080. The van der Waals surface area contributed by atoms with Crippen LogP contribution < -0.4 is 15.4 Å². The average Bonchev–Trinajstić information content (AvgIpc) is 2.79. The van der Waals surface area contributed by atoms with E-state index < -0.39 is 5.91 Å². The lowest BCUT2D eigenvalue weighted by molar-refractivity contribution is -0.112. The third-order valence-electron chi connectivity index (χ3n) is 4.16. The lowest BCUT2D eigenvalue weighted by atomic mass is 10.2. The average molecular weight is 416 g/mol. The number of carbonyl (C=O) groups is 1. The molecule has 0 saturated carbocycles. The van der Waals surface area contributed by atoms with Gasteiger partial charge >= 0.3 is 0 Å². The Hall–Kier alpha value is -3.69. The Balaban J connectivity index is 1.66. The van der Waals surface area contributed by atoms with Crippen LogP contribution in [0, 0.1) is 11.3 Å². The monoisotopic (exact) mass is 415 g/mol. The summed E-state index contributed by atoms with van der Waals surface area (Å²) in [5.74, 6) is 0.292. The first-order valence-corrected chi connectivity index (χ1v) is 10.1. The van der Waals surface area contributed by atoms with E-state index in [1.54, 1.807) is 18.9 Å². The van der Waals surface area contributed by atoms with Crippen LogP contribution >= 0.6 is 11.8 Å². The summed E-state index contributed by atoms with van der Waals surface area (Å²) in [5.41, 5.74) is 1.63. The number of carbonyl (C=O) groups excluding carboxylic acids is 1. The van der Waals surface area contributed by atoms with Gasteiger partial charge in [-0.2, -0.15) is 5.26 Å². The van der Waals surface area contributed by atoms with Crippen LogP contribution in [-0.4, -0.2) is 13.0 Å². The van der Waals surface area contributed by atoms with Gasteiger partial charge in [0.15, 0.2) is 0 Å². The standard InChI is InChI=1S/C24H21N3O2S/c1-29-20-9-7-8-18(14-20)16-26-17-19(15-25)24(28)27-22-12-5-6-13-23(22)30-21-10-3-2-4-11-21/h2-14,17,26H,16H2,1H3,(H,27,28)/b19-17-. The minimum Gasteiger partial charge on any atom is -0.497 e. The second-order valence-corrected chi connectivity index (χ2v) is 7.38. The summed E-state index contributed by atoms with van der Waals surface area (Å²) in [6.07, 6.45) is 1.43. The van der Waals surface area contributed by atoms with Crippen molar-refractivity contribution in [1.29, 1.82) is 5.26 Å². The highest BCUT2D eigenvalue weighted by Gasteiger charge is 2.12. The number of nitrogens with zero attached hydrogens (tertiary/aromatic N) is 1. The first-order valence-electron chi connectivity index (χ1n) is 9.29. The molecule has 2 N–H and O–H groups in total. The van der Waals surface area contributed by atoms with E-state index in [-0.39, 0.29) is 5.57 Å². The number of rotatable bonds is 8. The number of nitriles is 1. The van der Waals surface area contributed by atoms with E-state index in [4.69, 9.17) is 4.74 Å². The van der Waals surface area contributed by atoms with Crippen molar-refractivity contribution in [1.82, 2.24) is 5.32 Å². The van der Waals surface area contributed by atoms with Gasteiger partial charge in [0.2, 0.25) is 0 Å². The van der Waals surface area contributed by atoms with Crippen LogP contribution in [-0.2, 0) is 11.3 Å². The maximum absolute atomic E-state index is 12.6. The second-order valence-electron chi connectivity index (χ2n) is 6.27. The molecule has 0 unspecified atom stereocenters. The molecular weight excluding hydrogens is 394 g/mol. The van der Waals surface area contributed by atoms with Crippen molar-refractivity contribution in [2.24, 2.45) is 0 Å². The fourth-order valence-electron chi connectivity index (χ4n) is 2.67. The third kappa shape index (κ3) is 5.90. The zero-order chi connectivity index (χ0) is 21.2. The number of nitrogens with one attached hydrogen (secondary N) is 2. The normalized spacial score (nSPS) is 10.7. The number of hydrogen-bond acceptors (Lipinski definition) is 5. The fraction of sp³-hybridized carbons (Fsp3) is 0.0833. The summed E-state index contributed by atoms with van der Waals surface area (Å²) < 4.78 is 5.20. The molecule has 5 nitrogen and oxygen atoms in total. The number of hydrogen-bond donors (Lipinski definition) is 2. The number of benzene rings is 3. The highest BCUT2D eigenvalue weighted by Crippen LogP contribution is 2.33. The largest absolute Gasteiger partial charge is 0.497 e. The predicted molar refractivity (Wildman–Crippen MR) is 119 cm³/mol. The van der Waals surface area contributed by atoms with Gasteiger partial charge in [0, 0.05) is 22.5 Å². The smallest absolute Gasteiger partial charge is 0.267 e. The summed E-state index contributed by atoms with van der Waals surface area (Å²) in [4.78, 5) is 14.6. The molecule has 3 aromatic rings. The van der Waals surface area contributed by atoms with E-state index in [0.717, 1.165) is 21.1 Å². The van der Waals surface area contributed by atoms with Crippen molar-refractivity contribution in [3.05, 3.63) is 96.2 Å². The van der Waals surface area contributed by atoms with Gasteiger partial charge in [0.25, 0.3) is 5.91 Å². The number of anilines is 1. The van der Waals surface area contributed by atoms with E-state index in [1.807, 2.05) is 84.9 Å². The van der Waals surface area contributed by atoms with Crippen LogP contribution in [0.2, 0.25) is 0 Å². The van der Waals surface area contributed by atoms with Crippen molar-refractivity contribution in [3.8, 4) is 11.8 Å². The number of para-hydroxylation sites is 1. The molecular formula is C24H21N3O2S. The van der Waals surface area contributed by atoms with Gasteiger partial charge in [-0.25, -0.2) is 0 Å². The molecule has 0 radical (unpaired) electrons. The van der Waals surface area contributed by atoms with Crippen molar-refractivity contribution in [2.45, 2.75) is 16.3 Å². The minimum atomic E-state index is -0.461. The second kappa shape index (κ2) is 10.7. The highest BCUT2D eigenvalue weighted by molar-refractivity contribution is 7.99. The minimum absolute atomic E-state index is 0.00240. The Kier molecular flexibility index (Phi) is 7.53. The zero-order valence-corrected chi connectivity index (χ0v) is 17.3. The quantitative estimate of drug-likeness (QED) is 0.401. The highest BCUT2D eigenvalue weighted by atomic mass is 32.2. The molecule has 1 amide bonds. The van der Waals surface area contributed by atoms with Gasteiger partial charge in [0.1, 0.15) is 17.4 Å². The first kappa shape index (κ1) is 21.0. The summed E-state index contributed by atoms with van der Waals surface area (Å²) in [6, 6.07) is 27.0. The zero-order valence-electron chi connectivity index (χ0n) is 16.5. The summed E-state index contributed by atoms with van der Waals surface area (Å²) in [5, 5.41) is 15.3. The van der Waals surface area contributed by atoms with Crippen LogP contribution in [0.15, 0.2) is 100 Å². The molecule has 30 heavy (non-hydrogen) atoms. The third-order valence-corrected chi connectivity index (χ3v) is 5.24. The fourth-order valence-corrected chi connectivity index (χ4v) is 3.59. The molecule has 0 fully saturated rings. The molecule has 0 atom stereocenters. The van der Waals surface area contributed by atoms with Crippen LogP contribution in [0.4, 0.5) is 5.69 Å². The van der Waals surface area contributed by atoms with Gasteiger partial charge in [0.05, 0.1) is 12.8 Å². The van der Waals surface area contributed by atoms with Gasteiger partial charge in [-0.3, -0.25) is 4.79 Å². The molecule has 0 aliphatic carbocycles. The van der Waals surface area contributed by atoms with Gasteiger partial charge in [-0.15, -0.1) is 0 Å². The Morgan fingerprint density at radius 2 is 1.83 bits per heavy atom. The van der Waals surface area contributed by atoms with Crippen LogP contribution in [0.1, 0.15) is 5.56 Å². The SMILES string of the molecule is COc1cccc(CN/C=C(/C#N)C(=O)Nc2ccccc2Sc2ccccc2)c1. The number of amides is 1. The van der Waals surface area contributed by atoms with E-state index in [2.05, 4.69) is 10.6 Å². The van der Waals surface area contributed by atoms with E-state index in [9.17, 15) is 10.1 Å². The van der Waals surface area contributed by atoms with Crippen molar-refractivity contribution in [2.75, 3.05) is 12.4 Å². The molecule has 150 valence electrons. The lowest BCUT2D eigenvalue weighted by Gasteiger charge is -2.10. The van der Waals surface area contributed by atoms with Crippen molar-refractivity contribution >= 4 is 23.4 Å². The summed E-state index contributed by atoms with van der Waals surface area (Å²) in [6.45, 7) is 0.468. The molecule has 0 saturated heterocycles. The molecule has 3 rings (SSSR count). The predicted octanol–water partition coefficient (Wildman–Crippen LogP) is 4.98. The van der Waals surface area contributed by atoms with E-state index >= 15 is 0 Å². The van der Waals surface area contributed by atoms with Crippen LogP contribution in [0.5, 0.6) is 5.75 Å². The maximum atomic E-state index is 12.6. The van der Waals surface area contributed by atoms with E-state index in [0.29, 0.717) is 12.2 Å². The molecule has 0 spiro atoms. The summed E-state index contributed by atoms with van der Waals surface area (Å²) in [7, 11) is 1.61. The molecule has 0 heterocycles. The number of ether oxygens (including phenoxy) is 1. The molecule has 0 aliphatic heterocycles. The lowest BCUT2D eigenvalue weighted by Crippen LogP contribution is -2.17. The van der Waals surface area contributed by atoms with Crippen molar-refractivity contribution < 1.29 is 9.53 Å². The Morgan fingerprint density at radius 1 is 1.07 bits per heavy atom. The van der Waals surface area contributed by atoms with Gasteiger partial charge in [-0.05, 0) is 42.0 Å². The maximum Gasteiger partial charge on any atom is 0.267 e. The van der Waals surface area contributed by atoms with Gasteiger partial charge < -0.3 is 15.4 Å².